The molecule has 0 spiro atoms. The Kier molecular flexibility index (Phi) is 4.33. The molecule has 0 heterocycles. The van der Waals surface area contributed by atoms with Crippen LogP contribution in [0.5, 0.6) is 0 Å². The third kappa shape index (κ3) is 2.47. The zero-order valence-corrected chi connectivity index (χ0v) is 15.7. The molecule has 4 rings (SSSR count). The van der Waals surface area contributed by atoms with Crippen LogP contribution in [0.2, 0.25) is 0 Å². The highest BCUT2D eigenvalue weighted by atomic mass is 16.3. The van der Waals surface area contributed by atoms with Crippen LogP contribution in [0.25, 0.3) is 0 Å². The van der Waals surface area contributed by atoms with Crippen LogP contribution < -0.4 is 0 Å². The number of hydrogen-bond acceptors (Lipinski definition) is 4. The van der Waals surface area contributed by atoms with E-state index < -0.39 is 0 Å². The molecule has 7 unspecified atom stereocenters. The van der Waals surface area contributed by atoms with E-state index in [0.29, 0.717) is 30.1 Å². The van der Waals surface area contributed by atoms with Gasteiger partial charge in [0.2, 0.25) is 0 Å². The molecule has 25 heavy (non-hydrogen) atoms. The molecule has 0 aromatic carbocycles. The predicted molar refractivity (Wildman–Crippen MR) is 94.7 cm³/mol. The second kappa shape index (κ2) is 6.03. The van der Waals surface area contributed by atoms with Gasteiger partial charge in [0.25, 0.3) is 0 Å². The third-order valence-corrected chi connectivity index (χ3v) is 9.11. The molecule has 0 aromatic heterocycles. The second-order valence-corrected chi connectivity index (χ2v) is 10.0. The summed E-state index contributed by atoms with van der Waals surface area (Å²) < 4.78 is 0. The number of carbonyl (C=O) groups is 1. The summed E-state index contributed by atoms with van der Waals surface area (Å²) in [6, 6.07) is 0. The van der Waals surface area contributed by atoms with Gasteiger partial charge in [-0.05, 0) is 85.9 Å². The Balaban J connectivity index is 1.65. The number of Topliss-reactive ketones (excluding diaryl/α,β-unsaturated/α-hetero) is 1. The normalized spacial score (nSPS) is 55.2. The Bertz CT molecular complexity index is 548. The topological polar surface area (TPSA) is 77.8 Å². The quantitative estimate of drug-likeness (QED) is 0.715. The third-order valence-electron chi connectivity index (χ3n) is 9.11. The summed E-state index contributed by atoms with van der Waals surface area (Å²) in [7, 11) is 0. The fourth-order valence-electron chi connectivity index (χ4n) is 8.00. The van der Waals surface area contributed by atoms with Gasteiger partial charge in [-0.2, -0.15) is 0 Å². The Labute approximate surface area is 151 Å². The minimum Gasteiger partial charge on any atom is -0.393 e. The SMILES string of the molecule is C[C@]12CCC(O)CC1CCC1C3CCC(C(=O)CO)[C@@]3(C)CC(O)C12. The minimum atomic E-state index is -0.366. The molecule has 4 aliphatic carbocycles. The summed E-state index contributed by atoms with van der Waals surface area (Å²) >= 11 is 0. The van der Waals surface area contributed by atoms with E-state index in [1.54, 1.807) is 0 Å². The maximum absolute atomic E-state index is 12.3. The standard InChI is InChI=1S/C21H34O4/c1-20-8-7-13(23)9-12(20)3-4-14-15-5-6-16(18(25)11-22)21(15,2)10-17(24)19(14)20/h12-17,19,22-24H,3-11H2,1-2H3/t12?,13?,14?,15?,16?,17?,19?,20-,21-/m0/s1. The predicted octanol–water partition coefficient (Wildman–Crippen LogP) is 2.54. The molecule has 0 bridgehead atoms. The first-order valence-corrected chi connectivity index (χ1v) is 10.3. The highest BCUT2D eigenvalue weighted by molar-refractivity contribution is 5.83. The molecule has 4 aliphatic rings. The van der Waals surface area contributed by atoms with Gasteiger partial charge in [-0.3, -0.25) is 4.79 Å². The monoisotopic (exact) mass is 350 g/mol. The van der Waals surface area contributed by atoms with E-state index in [0.717, 1.165) is 44.9 Å². The summed E-state index contributed by atoms with van der Waals surface area (Å²) in [6.45, 7) is 4.19. The van der Waals surface area contributed by atoms with Crippen molar-refractivity contribution in [1.82, 2.24) is 0 Å². The molecular formula is C21H34O4. The van der Waals surface area contributed by atoms with Crippen molar-refractivity contribution in [3.8, 4) is 0 Å². The Morgan fingerprint density at radius 3 is 2.52 bits per heavy atom. The highest BCUT2D eigenvalue weighted by Gasteiger charge is 2.63. The smallest absolute Gasteiger partial charge is 0.161 e. The van der Waals surface area contributed by atoms with Crippen LogP contribution >= 0.6 is 0 Å². The van der Waals surface area contributed by atoms with Crippen LogP contribution in [0.1, 0.15) is 65.2 Å². The van der Waals surface area contributed by atoms with Gasteiger partial charge in [0.1, 0.15) is 6.61 Å². The number of hydrogen-bond donors (Lipinski definition) is 3. The lowest BCUT2D eigenvalue weighted by molar-refractivity contribution is -0.179. The highest BCUT2D eigenvalue weighted by Crippen LogP contribution is 2.67. The zero-order chi connectivity index (χ0) is 18.0. The lowest BCUT2D eigenvalue weighted by Crippen LogP contribution is -2.59. The zero-order valence-electron chi connectivity index (χ0n) is 15.7. The maximum atomic E-state index is 12.3. The number of rotatable bonds is 2. The largest absolute Gasteiger partial charge is 0.393 e. The molecule has 4 heteroatoms. The second-order valence-electron chi connectivity index (χ2n) is 10.0. The van der Waals surface area contributed by atoms with Gasteiger partial charge in [-0.15, -0.1) is 0 Å². The Hall–Kier alpha value is -0.450. The van der Waals surface area contributed by atoms with Crippen LogP contribution in [0.4, 0.5) is 0 Å². The van der Waals surface area contributed by atoms with Crippen LogP contribution in [0, 0.1) is 40.4 Å². The molecule has 4 fully saturated rings. The van der Waals surface area contributed by atoms with Gasteiger partial charge in [-0.1, -0.05) is 13.8 Å². The summed E-state index contributed by atoms with van der Waals surface area (Å²) in [5, 5.41) is 30.7. The van der Waals surface area contributed by atoms with Gasteiger partial charge in [0.05, 0.1) is 12.2 Å². The van der Waals surface area contributed by atoms with E-state index in [1.807, 2.05) is 0 Å². The fraction of sp³-hybridized carbons (Fsp3) is 0.952. The van der Waals surface area contributed by atoms with Gasteiger partial charge in [0, 0.05) is 5.92 Å². The van der Waals surface area contributed by atoms with Crippen molar-refractivity contribution < 1.29 is 20.1 Å². The van der Waals surface area contributed by atoms with Crippen molar-refractivity contribution in [2.24, 2.45) is 40.4 Å². The molecule has 0 aliphatic heterocycles. The molecule has 4 nitrogen and oxygen atoms in total. The van der Waals surface area contributed by atoms with Crippen molar-refractivity contribution in [2.75, 3.05) is 6.61 Å². The fourth-order valence-corrected chi connectivity index (χ4v) is 8.00. The first kappa shape index (κ1) is 17.9. The molecule has 0 amide bonds. The molecule has 9 atom stereocenters. The van der Waals surface area contributed by atoms with Crippen molar-refractivity contribution in [2.45, 2.75) is 77.4 Å². The minimum absolute atomic E-state index is 0.0312. The van der Waals surface area contributed by atoms with Gasteiger partial charge in [-0.25, -0.2) is 0 Å². The van der Waals surface area contributed by atoms with E-state index in [-0.39, 0.29) is 41.3 Å². The van der Waals surface area contributed by atoms with Crippen LogP contribution in [0.15, 0.2) is 0 Å². The van der Waals surface area contributed by atoms with E-state index in [2.05, 4.69) is 13.8 Å². The number of aliphatic hydroxyl groups is 3. The number of fused-ring (bicyclic) bond motifs is 5. The average Bonchev–Trinajstić information content (AvgIpc) is 2.91. The molecule has 0 saturated heterocycles. The van der Waals surface area contributed by atoms with E-state index in [9.17, 15) is 20.1 Å². The molecular weight excluding hydrogens is 316 g/mol. The summed E-state index contributed by atoms with van der Waals surface area (Å²) in [5.41, 5.74) is -0.0280. The Morgan fingerprint density at radius 2 is 1.80 bits per heavy atom. The number of aliphatic hydroxyl groups excluding tert-OH is 3. The van der Waals surface area contributed by atoms with Crippen molar-refractivity contribution in [3.63, 3.8) is 0 Å². The molecule has 3 N–H and O–H groups in total. The summed E-state index contributed by atoms with van der Waals surface area (Å²) in [5.74, 6) is 1.69. The van der Waals surface area contributed by atoms with Gasteiger partial charge >= 0.3 is 0 Å². The van der Waals surface area contributed by atoms with Gasteiger partial charge < -0.3 is 15.3 Å². The van der Waals surface area contributed by atoms with Crippen LogP contribution in [0.3, 0.4) is 0 Å². The van der Waals surface area contributed by atoms with E-state index in [1.165, 1.54) is 0 Å². The Morgan fingerprint density at radius 1 is 1.04 bits per heavy atom. The maximum Gasteiger partial charge on any atom is 0.161 e. The molecule has 4 saturated carbocycles. The lowest BCUT2D eigenvalue weighted by atomic mass is 9.44. The number of ketones is 1. The van der Waals surface area contributed by atoms with Gasteiger partial charge in [0.15, 0.2) is 5.78 Å². The number of carbonyl (C=O) groups excluding carboxylic acids is 1. The first-order valence-electron chi connectivity index (χ1n) is 10.3. The summed E-state index contributed by atoms with van der Waals surface area (Å²) in [6.07, 6.45) is 7.12. The first-order chi connectivity index (χ1) is 11.8. The molecule has 142 valence electrons. The molecule has 0 aromatic rings. The lowest BCUT2D eigenvalue weighted by Gasteiger charge is -2.62. The van der Waals surface area contributed by atoms with E-state index in [4.69, 9.17) is 0 Å². The molecule has 0 radical (unpaired) electrons. The van der Waals surface area contributed by atoms with Crippen molar-refractivity contribution in [3.05, 3.63) is 0 Å². The average molecular weight is 350 g/mol. The van der Waals surface area contributed by atoms with Crippen molar-refractivity contribution >= 4 is 5.78 Å². The summed E-state index contributed by atoms with van der Waals surface area (Å²) in [4.78, 5) is 12.3. The van der Waals surface area contributed by atoms with Crippen LogP contribution in [-0.2, 0) is 4.79 Å². The van der Waals surface area contributed by atoms with Crippen molar-refractivity contribution in [1.29, 1.82) is 0 Å². The van der Waals surface area contributed by atoms with E-state index >= 15 is 0 Å². The van der Waals surface area contributed by atoms with Crippen LogP contribution in [-0.4, -0.2) is 39.9 Å².